The van der Waals surface area contributed by atoms with Gasteiger partial charge in [0.2, 0.25) is 0 Å². The summed E-state index contributed by atoms with van der Waals surface area (Å²) in [4.78, 5) is 13.4. The lowest BCUT2D eigenvalue weighted by atomic mass is 9.72. The molecule has 0 saturated heterocycles. The van der Waals surface area contributed by atoms with E-state index in [2.05, 4.69) is 26.1 Å². The van der Waals surface area contributed by atoms with Crippen LogP contribution in [0, 0.1) is 11.3 Å². The number of thiophene rings is 1. The lowest BCUT2D eigenvalue weighted by molar-refractivity contribution is 0.0955. The number of nitrogen functional groups attached to an aromatic ring is 1. The van der Waals surface area contributed by atoms with Crippen LogP contribution in [0.15, 0.2) is 0 Å². The third kappa shape index (κ3) is 2.78. The molecular formula is C15H24N2OS. The number of nitrogens with two attached hydrogens (primary N) is 1. The largest absolute Gasteiger partial charge is 0.390 e. The summed E-state index contributed by atoms with van der Waals surface area (Å²) in [5, 5.41) is 3.55. The quantitative estimate of drug-likeness (QED) is 0.874. The SMILES string of the molecule is CCNC(=O)c1c(N)sc2c1CCC(C(C)(C)C)C2. The highest BCUT2D eigenvalue weighted by molar-refractivity contribution is 7.16. The van der Waals surface area contributed by atoms with Crippen LogP contribution in [0.4, 0.5) is 5.00 Å². The van der Waals surface area contributed by atoms with Crippen molar-refractivity contribution in [1.29, 1.82) is 0 Å². The first kappa shape index (κ1) is 14.4. The number of amides is 1. The van der Waals surface area contributed by atoms with Gasteiger partial charge in [0.05, 0.1) is 10.6 Å². The van der Waals surface area contributed by atoms with Crippen molar-refractivity contribution in [3.63, 3.8) is 0 Å². The molecule has 0 spiro atoms. The minimum atomic E-state index is -0.00768. The van der Waals surface area contributed by atoms with Crippen molar-refractivity contribution in [3.8, 4) is 0 Å². The zero-order chi connectivity index (χ0) is 14.2. The Balaban J connectivity index is 2.30. The van der Waals surface area contributed by atoms with E-state index in [0.717, 1.165) is 24.8 Å². The summed E-state index contributed by atoms with van der Waals surface area (Å²) in [7, 11) is 0. The number of carbonyl (C=O) groups excluding carboxylic acids is 1. The zero-order valence-electron chi connectivity index (χ0n) is 12.3. The van der Waals surface area contributed by atoms with Gasteiger partial charge in [-0.3, -0.25) is 4.79 Å². The minimum absolute atomic E-state index is 0.00768. The van der Waals surface area contributed by atoms with Crippen LogP contribution < -0.4 is 11.1 Å². The third-order valence-corrected chi connectivity index (χ3v) is 5.17. The van der Waals surface area contributed by atoms with E-state index in [1.165, 1.54) is 10.4 Å². The van der Waals surface area contributed by atoms with Crippen molar-refractivity contribution in [3.05, 3.63) is 16.0 Å². The molecule has 1 atom stereocenters. The summed E-state index contributed by atoms with van der Waals surface area (Å²) >= 11 is 1.61. The molecule has 1 aliphatic rings. The van der Waals surface area contributed by atoms with Gasteiger partial charge in [0, 0.05) is 11.4 Å². The monoisotopic (exact) mass is 280 g/mol. The summed E-state index contributed by atoms with van der Waals surface area (Å²) in [5.74, 6) is 0.673. The van der Waals surface area contributed by atoms with Crippen molar-refractivity contribution < 1.29 is 4.79 Å². The Morgan fingerprint density at radius 1 is 1.47 bits per heavy atom. The highest BCUT2D eigenvalue weighted by atomic mass is 32.1. The number of nitrogens with one attached hydrogen (secondary N) is 1. The summed E-state index contributed by atoms with van der Waals surface area (Å²) < 4.78 is 0. The topological polar surface area (TPSA) is 55.1 Å². The van der Waals surface area contributed by atoms with Gasteiger partial charge < -0.3 is 11.1 Å². The van der Waals surface area contributed by atoms with E-state index in [0.29, 0.717) is 22.9 Å². The molecule has 4 heteroatoms. The first-order valence-corrected chi connectivity index (χ1v) is 7.84. The van der Waals surface area contributed by atoms with Crippen molar-refractivity contribution in [1.82, 2.24) is 5.32 Å². The zero-order valence-corrected chi connectivity index (χ0v) is 13.1. The molecule has 0 bridgehead atoms. The summed E-state index contributed by atoms with van der Waals surface area (Å²) in [6, 6.07) is 0. The number of fused-ring (bicyclic) bond motifs is 1. The van der Waals surface area contributed by atoms with Crippen molar-refractivity contribution in [2.75, 3.05) is 12.3 Å². The van der Waals surface area contributed by atoms with Crippen LogP contribution >= 0.6 is 11.3 Å². The second kappa shape index (κ2) is 5.16. The molecule has 0 radical (unpaired) electrons. The molecule has 0 aromatic carbocycles. The second-order valence-corrected chi connectivity index (χ2v) is 7.54. The van der Waals surface area contributed by atoms with Crippen LogP contribution in [0.3, 0.4) is 0 Å². The fourth-order valence-electron chi connectivity index (χ4n) is 2.84. The molecule has 2 rings (SSSR count). The van der Waals surface area contributed by atoms with Crippen molar-refractivity contribution >= 4 is 22.2 Å². The first-order chi connectivity index (χ1) is 8.84. The first-order valence-electron chi connectivity index (χ1n) is 7.02. The molecule has 19 heavy (non-hydrogen) atoms. The maximum absolute atomic E-state index is 12.1. The fraction of sp³-hybridized carbons (Fsp3) is 0.667. The van der Waals surface area contributed by atoms with Crippen molar-refractivity contribution in [2.24, 2.45) is 11.3 Å². The summed E-state index contributed by atoms with van der Waals surface area (Å²) in [6.07, 6.45) is 3.20. The number of anilines is 1. The molecule has 1 unspecified atom stereocenters. The predicted octanol–water partition coefficient (Wildman–Crippen LogP) is 3.23. The molecule has 1 aliphatic carbocycles. The van der Waals surface area contributed by atoms with E-state index in [1.807, 2.05) is 6.92 Å². The van der Waals surface area contributed by atoms with Gasteiger partial charge in [-0.2, -0.15) is 0 Å². The lowest BCUT2D eigenvalue weighted by Gasteiger charge is -2.33. The van der Waals surface area contributed by atoms with Crippen LogP contribution in [0.1, 0.15) is 54.9 Å². The highest BCUT2D eigenvalue weighted by Crippen LogP contribution is 2.43. The number of rotatable bonds is 2. The molecule has 0 saturated carbocycles. The number of carbonyl (C=O) groups is 1. The Morgan fingerprint density at radius 3 is 2.74 bits per heavy atom. The van der Waals surface area contributed by atoms with Gasteiger partial charge in [-0.25, -0.2) is 0 Å². The molecule has 0 fully saturated rings. The molecule has 1 aromatic heterocycles. The van der Waals surface area contributed by atoms with Crippen LogP contribution in [0.2, 0.25) is 0 Å². The van der Waals surface area contributed by atoms with Gasteiger partial charge in [-0.15, -0.1) is 11.3 Å². The lowest BCUT2D eigenvalue weighted by Crippen LogP contribution is -2.28. The minimum Gasteiger partial charge on any atom is -0.390 e. The van der Waals surface area contributed by atoms with Gasteiger partial charge in [-0.1, -0.05) is 20.8 Å². The van der Waals surface area contributed by atoms with E-state index >= 15 is 0 Å². The Hall–Kier alpha value is -1.03. The summed E-state index contributed by atoms with van der Waals surface area (Å²) in [5.41, 5.74) is 8.33. The molecule has 1 aromatic rings. The van der Waals surface area contributed by atoms with Crippen LogP contribution in [-0.4, -0.2) is 12.5 Å². The van der Waals surface area contributed by atoms with Crippen LogP contribution in [0.5, 0.6) is 0 Å². The van der Waals surface area contributed by atoms with E-state index in [4.69, 9.17) is 5.73 Å². The van der Waals surface area contributed by atoms with Crippen LogP contribution in [0.25, 0.3) is 0 Å². The van der Waals surface area contributed by atoms with Crippen LogP contribution in [-0.2, 0) is 12.8 Å². The van der Waals surface area contributed by atoms with Gasteiger partial charge in [0.1, 0.15) is 0 Å². The molecule has 106 valence electrons. The Bertz CT molecular complexity index is 485. The predicted molar refractivity (Wildman–Crippen MR) is 81.7 cm³/mol. The molecule has 1 amide bonds. The molecule has 3 N–H and O–H groups in total. The Labute approximate surface area is 119 Å². The van der Waals surface area contributed by atoms with Gasteiger partial charge in [0.15, 0.2) is 0 Å². The maximum atomic E-state index is 12.1. The standard InChI is InChI=1S/C15H24N2OS/c1-5-17-14(18)12-10-7-6-9(15(2,3)4)8-11(10)19-13(12)16/h9H,5-8,16H2,1-4H3,(H,17,18). The Morgan fingerprint density at radius 2 is 2.16 bits per heavy atom. The molecule has 1 heterocycles. The fourth-order valence-corrected chi connectivity index (χ4v) is 4.04. The number of hydrogen-bond acceptors (Lipinski definition) is 3. The Kier molecular flexibility index (Phi) is 3.90. The molecule has 3 nitrogen and oxygen atoms in total. The van der Waals surface area contributed by atoms with Gasteiger partial charge in [0.25, 0.3) is 5.91 Å². The summed E-state index contributed by atoms with van der Waals surface area (Å²) in [6.45, 7) is 9.47. The average molecular weight is 280 g/mol. The van der Waals surface area contributed by atoms with Gasteiger partial charge >= 0.3 is 0 Å². The van der Waals surface area contributed by atoms with E-state index in [9.17, 15) is 4.79 Å². The van der Waals surface area contributed by atoms with Gasteiger partial charge in [-0.05, 0) is 43.1 Å². The van der Waals surface area contributed by atoms with Crippen molar-refractivity contribution in [2.45, 2.75) is 47.0 Å². The average Bonchev–Trinajstić information content (AvgIpc) is 2.62. The number of hydrogen-bond donors (Lipinski definition) is 2. The van der Waals surface area contributed by atoms with E-state index in [-0.39, 0.29) is 5.91 Å². The highest BCUT2D eigenvalue weighted by Gasteiger charge is 2.32. The maximum Gasteiger partial charge on any atom is 0.254 e. The normalized spacial score (nSPS) is 19.1. The van der Waals surface area contributed by atoms with E-state index in [1.54, 1.807) is 11.3 Å². The second-order valence-electron chi connectivity index (χ2n) is 6.41. The van der Waals surface area contributed by atoms with E-state index < -0.39 is 0 Å². The third-order valence-electron chi connectivity index (χ3n) is 4.08. The smallest absolute Gasteiger partial charge is 0.254 e. The molecular weight excluding hydrogens is 256 g/mol. The molecule has 0 aliphatic heterocycles.